The third-order valence-electron chi connectivity index (χ3n) is 3.69. The molecule has 0 aromatic heterocycles. The van der Waals surface area contributed by atoms with Gasteiger partial charge in [-0.1, -0.05) is 15.9 Å². The number of carboxylic acid groups (broad SMARTS) is 1. The predicted molar refractivity (Wildman–Crippen MR) is 85.6 cm³/mol. The summed E-state index contributed by atoms with van der Waals surface area (Å²) in [6.07, 6.45) is 1.02. The summed E-state index contributed by atoms with van der Waals surface area (Å²) in [6, 6.07) is 4.91. The normalized spacial score (nSPS) is 24.0. The first kappa shape index (κ1) is 16.9. The Morgan fingerprint density at radius 1 is 1.38 bits per heavy atom. The molecule has 0 amide bonds. The largest absolute Gasteiger partial charge is 0.481 e. The lowest BCUT2D eigenvalue weighted by Gasteiger charge is -2.36. The SMILES string of the molecule is CC1(C(=O)O)CCCN(S(=O)(=O)c2cc(Br)ccc2Br)C1. The molecule has 8 heteroatoms. The highest BCUT2D eigenvalue weighted by Crippen LogP contribution is 2.35. The number of carboxylic acids is 1. The Balaban J connectivity index is 2.40. The van der Waals surface area contributed by atoms with Crippen LogP contribution in [0, 0.1) is 5.41 Å². The summed E-state index contributed by atoms with van der Waals surface area (Å²) in [4.78, 5) is 11.5. The van der Waals surface area contributed by atoms with Crippen LogP contribution in [-0.2, 0) is 14.8 Å². The van der Waals surface area contributed by atoms with Crippen molar-refractivity contribution in [1.82, 2.24) is 4.31 Å². The van der Waals surface area contributed by atoms with Crippen molar-refractivity contribution in [2.75, 3.05) is 13.1 Å². The number of hydrogen-bond donors (Lipinski definition) is 1. The fourth-order valence-electron chi connectivity index (χ4n) is 2.39. The summed E-state index contributed by atoms with van der Waals surface area (Å²) in [6.45, 7) is 1.92. The molecule has 0 spiro atoms. The maximum Gasteiger partial charge on any atom is 0.310 e. The van der Waals surface area contributed by atoms with Gasteiger partial charge in [0.15, 0.2) is 0 Å². The minimum absolute atomic E-state index is 0.0103. The van der Waals surface area contributed by atoms with E-state index in [9.17, 15) is 18.3 Å². The van der Waals surface area contributed by atoms with Gasteiger partial charge in [-0.3, -0.25) is 4.79 Å². The molecule has 21 heavy (non-hydrogen) atoms. The number of nitrogens with zero attached hydrogens (tertiary/aromatic N) is 1. The van der Waals surface area contributed by atoms with Crippen LogP contribution in [-0.4, -0.2) is 36.9 Å². The lowest BCUT2D eigenvalue weighted by Crippen LogP contribution is -2.48. The standard InChI is InChI=1S/C13H15Br2NO4S/c1-13(12(17)18)5-2-6-16(8-13)21(19,20)11-7-9(14)3-4-10(11)15/h3-4,7H,2,5-6,8H2,1H3,(H,17,18). The average molecular weight is 441 g/mol. The van der Waals surface area contributed by atoms with Gasteiger partial charge in [-0.25, -0.2) is 8.42 Å². The van der Waals surface area contributed by atoms with Gasteiger partial charge < -0.3 is 5.11 Å². The number of sulfonamides is 1. The van der Waals surface area contributed by atoms with E-state index in [0.717, 1.165) is 0 Å². The van der Waals surface area contributed by atoms with Crippen LogP contribution in [0.15, 0.2) is 32.0 Å². The van der Waals surface area contributed by atoms with Crippen LogP contribution >= 0.6 is 31.9 Å². The van der Waals surface area contributed by atoms with Gasteiger partial charge in [-0.15, -0.1) is 0 Å². The van der Waals surface area contributed by atoms with E-state index in [1.54, 1.807) is 19.1 Å². The van der Waals surface area contributed by atoms with Crippen molar-refractivity contribution >= 4 is 47.9 Å². The molecule has 0 bridgehead atoms. The van der Waals surface area contributed by atoms with E-state index >= 15 is 0 Å². The highest BCUT2D eigenvalue weighted by molar-refractivity contribution is 9.11. The van der Waals surface area contributed by atoms with Crippen molar-refractivity contribution in [3.63, 3.8) is 0 Å². The smallest absolute Gasteiger partial charge is 0.310 e. The van der Waals surface area contributed by atoms with Crippen LogP contribution in [0.1, 0.15) is 19.8 Å². The zero-order valence-corrected chi connectivity index (χ0v) is 15.3. The van der Waals surface area contributed by atoms with Crippen LogP contribution < -0.4 is 0 Å². The van der Waals surface area contributed by atoms with Gasteiger partial charge in [0.2, 0.25) is 10.0 Å². The second-order valence-corrected chi connectivity index (χ2v) is 9.06. The van der Waals surface area contributed by atoms with Crippen molar-refractivity contribution in [3.05, 3.63) is 27.1 Å². The zero-order valence-electron chi connectivity index (χ0n) is 11.3. The summed E-state index contributed by atoms with van der Waals surface area (Å²) in [5.41, 5.74) is -1.04. The predicted octanol–water partition coefficient (Wildman–Crippen LogP) is 3.09. The Labute approximate surface area is 140 Å². The Bertz CT molecular complexity index is 677. The zero-order chi connectivity index (χ0) is 15.8. The van der Waals surface area contributed by atoms with Crippen LogP contribution in [0.25, 0.3) is 0 Å². The van der Waals surface area contributed by atoms with Crippen molar-refractivity contribution in [2.45, 2.75) is 24.7 Å². The Hall–Kier alpha value is -0.440. The Morgan fingerprint density at radius 3 is 2.67 bits per heavy atom. The van der Waals surface area contributed by atoms with Gasteiger partial charge >= 0.3 is 5.97 Å². The number of carbonyl (C=O) groups is 1. The number of aliphatic carboxylic acids is 1. The van der Waals surface area contributed by atoms with Crippen molar-refractivity contribution in [1.29, 1.82) is 0 Å². The Morgan fingerprint density at radius 2 is 2.05 bits per heavy atom. The summed E-state index contributed by atoms with van der Waals surface area (Å²) in [5, 5.41) is 9.31. The van der Waals surface area contributed by atoms with Crippen LogP contribution in [0.4, 0.5) is 0 Å². The first-order chi connectivity index (χ1) is 9.67. The third-order valence-corrected chi connectivity index (χ3v) is 7.02. The molecule has 0 radical (unpaired) electrons. The molecule has 2 rings (SSSR count). The molecular formula is C13H15Br2NO4S. The van der Waals surface area contributed by atoms with E-state index in [2.05, 4.69) is 31.9 Å². The summed E-state index contributed by atoms with van der Waals surface area (Å²) >= 11 is 6.51. The first-order valence-corrected chi connectivity index (χ1v) is 9.38. The minimum atomic E-state index is -3.73. The van der Waals surface area contributed by atoms with E-state index < -0.39 is 21.4 Å². The fraction of sp³-hybridized carbons (Fsp3) is 0.462. The Kier molecular flexibility index (Phi) is 4.82. The number of hydrogen-bond acceptors (Lipinski definition) is 3. The maximum atomic E-state index is 12.8. The molecule has 1 atom stereocenters. The number of benzene rings is 1. The molecule has 0 aliphatic carbocycles. The fourth-order valence-corrected chi connectivity index (χ4v) is 5.45. The van der Waals surface area contributed by atoms with Gasteiger partial charge in [-0.05, 0) is 53.9 Å². The van der Waals surface area contributed by atoms with Crippen molar-refractivity contribution < 1.29 is 18.3 Å². The first-order valence-electron chi connectivity index (χ1n) is 6.35. The highest BCUT2D eigenvalue weighted by atomic mass is 79.9. The molecule has 1 aliphatic rings. The van der Waals surface area contributed by atoms with Crippen LogP contribution in [0.5, 0.6) is 0 Å². The molecular weight excluding hydrogens is 426 g/mol. The number of piperidine rings is 1. The quantitative estimate of drug-likeness (QED) is 0.783. The molecule has 0 saturated carbocycles. The van der Waals surface area contributed by atoms with E-state index in [4.69, 9.17) is 0 Å². The lowest BCUT2D eigenvalue weighted by atomic mass is 9.83. The van der Waals surface area contributed by atoms with E-state index in [-0.39, 0.29) is 11.4 Å². The third kappa shape index (κ3) is 3.33. The summed E-state index contributed by atoms with van der Waals surface area (Å²) in [5.74, 6) is -0.962. The molecule has 1 aliphatic heterocycles. The van der Waals surface area contributed by atoms with Crippen LogP contribution in [0.2, 0.25) is 0 Å². The van der Waals surface area contributed by atoms with Crippen LogP contribution in [0.3, 0.4) is 0 Å². The molecule has 1 saturated heterocycles. The van der Waals surface area contributed by atoms with Gasteiger partial charge in [-0.2, -0.15) is 4.31 Å². The van der Waals surface area contributed by atoms with Gasteiger partial charge in [0.25, 0.3) is 0 Å². The number of halogens is 2. The number of rotatable bonds is 3. The van der Waals surface area contributed by atoms with Gasteiger partial charge in [0.05, 0.1) is 10.3 Å². The summed E-state index contributed by atoms with van der Waals surface area (Å²) < 4.78 is 27.9. The molecule has 1 heterocycles. The van der Waals surface area contributed by atoms with Crippen molar-refractivity contribution in [3.8, 4) is 0 Å². The van der Waals surface area contributed by atoms with E-state index in [1.807, 2.05) is 0 Å². The van der Waals surface area contributed by atoms with E-state index in [1.165, 1.54) is 10.4 Å². The lowest BCUT2D eigenvalue weighted by molar-refractivity contribution is -0.150. The molecule has 1 aromatic rings. The van der Waals surface area contributed by atoms with E-state index in [0.29, 0.717) is 28.3 Å². The molecule has 1 unspecified atom stereocenters. The molecule has 1 aromatic carbocycles. The minimum Gasteiger partial charge on any atom is -0.481 e. The second-order valence-electron chi connectivity index (χ2n) is 5.38. The van der Waals surface area contributed by atoms with Gasteiger partial charge in [0.1, 0.15) is 0 Å². The highest BCUT2D eigenvalue weighted by Gasteiger charge is 2.42. The molecule has 116 valence electrons. The monoisotopic (exact) mass is 439 g/mol. The maximum absolute atomic E-state index is 12.8. The molecule has 1 fully saturated rings. The van der Waals surface area contributed by atoms with Gasteiger partial charge in [0, 0.05) is 22.0 Å². The average Bonchev–Trinajstić information content (AvgIpc) is 2.41. The van der Waals surface area contributed by atoms with Crippen molar-refractivity contribution in [2.24, 2.45) is 5.41 Å². The summed E-state index contributed by atoms with van der Waals surface area (Å²) in [7, 11) is -3.73. The molecule has 5 nitrogen and oxygen atoms in total. The molecule has 1 N–H and O–H groups in total. The topological polar surface area (TPSA) is 74.7 Å². The second kappa shape index (κ2) is 5.98.